The number of ether oxygens (including phenoxy) is 2. The van der Waals surface area contributed by atoms with Gasteiger partial charge in [-0.05, 0) is 39.0 Å². The predicted octanol–water partition coefficient (Wildman–Crippen LogP) is 3.49. The van der Waals surface area contributed by atoms with Crippen LogP contribution in [0.3, 0.4) is 0 Å². The van der Waals surface area contributed by atoms with Crippen molar-refractivity contribution in [3.05, 3.63) is 42.2 Å². The highest BCUT2D eigenvalue weighted by atomic mass is 16.6. The van der Waals surface area contributed by atoms with Crippen LogP contribution in [-0.2, 0) is 10.3 Å². The van der Waals surface area contributed by atoms with E-state index in [0.29, 0.717) is 25.9 Å². The monoisotopic (exact) mass is 341 g/mol. The van der Waals surface area contributed by atoms with E-state index in [1.54, 1.807) is 4.90 Å². The largest absolute Gasteiger partial charge is 0.479 e. The van der Waals surface area contributed by atoms with Gasteiger partial charge in [0.25, 0.3) is 0 Å². The van der Waals surface area contributed by atoms with Gasteiger partial charge >= 0.3 is 6.09 Å². The first kappa shape index (κ1) is 16.0. The Balaban J connectivity index is 1.57. The third-order valence-electron chi connectivity index (χ3n) is 4.73. The number of carbonyl (C=O) groups is 1. The Morgan fingerprint density at radius 2 is 1.92 bits per heavy atom. The molecule has 1 fully saturated rings. The molecule has 2 aliphatic rings. The van der Waals surface area contributed by atoms with Crippen LogP contribution < -0.4 is 4.74 Å². The molecule has 0 bridgehead atoms. The average Bonchev–Trinajstić information content (AvgIpc) is 3.05. The quantitative estimate of drug-likeness (QED) is 0.736. The minimum Gasteiger partial charge on any atom is -0.479 e. The molecule has 1 saturated heterocycles. The molecule has 132 valence electrons. The molecule has 6 heteroatoms. The van der Waals surface area contributed by atoms with Crippen LogP contribution in [0.5, 0.6) is 5.75 Å². The van der Waals surface area contributed by atoms with E-state index in [0.717, 1.165) is 17.1 Å². The summed E-state index contributed by atoms with van der Waals surface area (Å²) < 4.78 is 13.9. The maximum absolute atomic E-state index is 12.3. The lowest BCUT2D eigenvalue weighted by molar-refractivity contribution is -0.0275. The minimum atomic E-state index is -0.481. The van der Waals surface area contributed by atoms with Crippen molar-refractivity contribution < 1.29 is 14.3 Å². The molecule has 0 radical (unpaired) electrons. The molecular weight excluding hydrogens is 318 g/mol. The molecular formula is C19H23N3O3. The Labute approximate surface area is 147 Å². The van der Waals surface area contributed by atoms with Gasteiger partial charge in [-0.1, -0.05) is 12.1 Å². The SMILES string of the molecule is CC(C)(C)OC(=O)N1CCC2(CC1)Oc1ccccc1-n1nccc12. The molecule has 0 unspecified atom stereocenters. The molecule has 0 saturated carbocycles. The van der Waals surface area contributed by atoms with Crippen molar-refractivity contribution in [2.24, 2.45) is 0 Å². The second-order valence-corrected chi connectivity index (χ2v) is 7.66. The molecule has 4 rings (SSSR count). The highest BCUT2D eigenvalue weighted by Crippen LogP contribution is 2.44. The summed E-state index contributed by atoms with van der Waals surface area (Å²) in [5, 5.41) is 4.48. The van der Waals surface area contributed by atoms with E-state index in [4.69, 9.17) is 9.47 Å². The molecule has 2 aromatic rings. The van der Waals surface area contributed by atoms with Crippen LogP contribution in [0.4, 0.5) is 4.79 Å². The van der Waals surface area contributed by atoms with Crippen LogP contribution in [0.25, 0.3) is 5.69 Å². The number of aromatic nitrogens is 2. The summed E-state index contributed by atoms with van der Waals surface area (Å²) in [7, 11) is 0. The zero-order chi connectivity index (χ0) is 17.7. The zero-order valence-corrected chi connectivity index (χ0v) is 14.9. The van der Waals surface area contributed by atoms with E-state index in [-0.39, 0.29) is 6.09 Å². The summed E-state index contributed by atoms with van der Waals surface area (Å²) in [5.41, 5.74) is 1.09. The Morgan fingerprint density at radius 1 is 1.20 bits per heavy atom. The molecule has 0 aliphatic carbocycles. The van der Waals surface area contributed by atoms with Gasteiger partial charge in [-0.25, -0.2) is 9.48 Å². The molecule has 1 aromatic heterocycles. The summed E-state index contributed by atoms with van der Waals surface area (Å²) in [4.78, 5) is 14.1. The summed E-state index contributed by atoms with van der Waals surface area (Å²) >= 11 is 0. The van der Waals surface area contributed by atoms with Gasteiger partial charge in [0.2, 0.25) is 0 Å². The van der Waals surface area contributed by atoms with E-state index in [1.165, 1.54) is 0 Å². The molecule has 6 nitrogen and oxygen atoms in total. The third kappa shape index (κ3) is 2.75. The highest BCUT2D eigenvalue weighted by molar-refractivity contribution is 5.68. The van der Waals surface area contributed by atoms with E-state index in [2.05, 4.69) is 5.10 Å². The molecule has 0 N–H and O–H groups in total. The number of piperidine rings is 1. The van der Waals surface area contributed by atoms with Crippen molar-refractivity contribution in [3.8, 4) is 11.4 Å². The van der Waals surface area contributed by atoms with E-state index in [1.807, 2.05) is 62.0 Å². The average molecular weight is 341 g/mol. The Morgan fingerprint density at radius 3 is 2.64 bits per heavy atom. The van der Waals surface area contributed by atoms with Gasteiger partial charge in [0, 0.05) is 32.1 Å². The zero-order valence-electron chi connectivity index (χ0n) is 14.9. The fraction of sp³-hybridized carbons (Fsp3) is 0.474. The van der Waals surface area contributed by atoms with Crippen LogP contribution in [0.2, 0.25) is 0 Å². The molecule has 1 amide bonds. The minimum absolute atomic E-state index is 0.257. The molecule has 1 aromatic carbocycles. The third-order valence-corrected chi connectivity index (χ3v) is 4.73. The summed E-state index contributed by atoms with van der Waals surface area (Å²) in [6, 6.07) is 9.95. The Bertz CT molecular complexity index is 798. The first-order chi connectivity index (χ1) is 11.9. The van der Waals surface area contributed by atoms with Crippen molar-refractivity contribution in [1.29, 1.82) is 0 Å². The first-order valence-electron chi connectivity index (χ1n) is 8.69. The summed E-state index contributed by atoms with van der Waals surface area (Å²) in [6.45, 7) is 6.85. The highest BCUT2D eigenvalue weighted by Gasteiger charge is 2.45. The van der Waals surface area contributed by atoms with E-state index >= 15 is 0 Å². The van der Waals surface area contributed by atoms with Crippen molar-refractivity contribution in [2.75, 3.05) is 13.1 Å². The number of likely N-dealkylation sites (tertiary alicyclic amines) is 1. The van der Waals surface area contributed by atoms with Gasteiger partial charge in [-0.2, -0.15) is 5.10 Å². The molecule has 1 spiro atoms. The maximum Gasteiger partial charge on any atom is 0.410 e. The predicted molar refractivity (Wildman–Crippen MR) is 92.9 cm³/mol. The van der Waals surface area contributed by atoms with Gasteiger partial charge in [0.15, 0.2) is 5.60 Å². The molecule has 0 atom stereocenters. The van der Waals surface area contributed by atoms with E-state index < -0.39 is 11.2 Å². The van der Waals surface area contributed by atoms with Crippen molar-refractivity contribution >= 4 is 6.09 Å². The number of benzene rings is 1. The number of hydrogen-bond donors (Lipinski definition) is 0. The van der Waals surface area contributed by atoms with Crippen LogP contribution in [0, 0.1) is 0 Å². The lowest BCUT2D eigenvalue weighted by Gasteiger charge is -2.44. The number of hydrogen-bond acceptors (Lipinski definition) is 4. The number of nitrogens with zero attached hydrogens (tertiary/aromatic N) is 3. The van der Waals surface area contributed by atoms with Crippen LogP contribution in [-0.4, -0.2) is 39.5 Å². The van der Waals surface area contributed by atoms with Gasteiger partial charge in [-0.15, -0.1) is 0 Å². The Kier molecular flexibility index (Phi) is 3.52. The second-order valence-electron chi connectivity index (χ2n) is 7.66. The fourth-order valence-corrected chi connectivity index (χ4v) is 3.56. The normalized spacial score (nSPS) is 18.3. The van der Waals surface area contributed by atoms with Crippen LogP contribution >= 0.6 is 0 Å². The molecule has 2 aliphatic heterocycles. The first-order valence-corrected chi connectivity index (χ1v) is 8.69. The number of carbonyl (C=O) groups excluding carboxylic acids is 1. The number of rotatable bonds is 0. The maximum atomic E-state index is 12.3. The van der Waals surface area contributed by atoms with Gasteiger partial charge in [0.05, 0.1) is 5.69 Å². The van der Waals surface area contributed by atoms with Crippen molar-refractivity contribution in [3.63, 3.8) is 0 Å². The second kappa shape index (κ2) is 5.51. The van der Waals surface area contributed by atoms with Crippen molar-refractivity contribution in [2.45, 2.75) is 44.8 Å². The lowest BCUT2D eigenvalue weighted by atomic mass is 9.86. The topological polar surface area (TPSA) is 56.6 Å². The number of fused-ring (bicyclic) bond motifs is 4. The molecule has 25 heavy (non-hydrogen) atoms. The summed E-state index contributed by atoms with van der Waals surface area (Å²) in [6.07, 6.45) is 2.98. The number of amides is 1. The van der Waals surface area contributed by atoms with Crippen molar-refractivity contribution in [1.82, 2.24) is 14.7 Å². The van der Waals surface area contributed by atoms with Gasteiger partial charge < -0.3 is 14.4 Å². The summed E-state index contributed by atoms with van der Waals surface area (Å²) in [5.74, 6) is 0.837. The van der Waals surface area contributed by atoms with Crippen LogP contribution in [0.15, 0.2) is 36.5 Å². The van der Waals surface area contributed by atoms with Gasteiger partial charge in [-0.3, -0.25) is 0 Å². The lowest BCUT2D eigenvalue weighted by Crippen LogP contribution is -2.50. The number of para-hydroxylation sites is 2. The standard InChI is InChI=1S/C19H23N3O3/c1-18(2,3)25-17(23)21-12-9-19(10-13-21)16-8-11-20-22(16)14-6-4-5-7-15(14)24-19/h4-8,11H,9-10,12-13H2,1-3H3. The molecule has 3 heterocycles. The van der Waals surface area contributed by atoms with E-state index in [9.17, 15) is 4.79 Å². The smallest absolute Gasteiger partial charge is 0.410 e. The van der Waals surface area contributed by atoms with Gasteiger partial charge in [0.1, 0.15) is 17.0 Å². The Hall–Kier alpha value is -2.50. The fourth-order valence-electron chi connectivity index (χ4n) is 3.56. The van der Waals surface area contributed by atoms with Crippen LogP contribution in [0.1, 0.15) is 39.3 Å².